The SMILES string of the molecule is CC(C)CC(C(=O)NCCC(=O)O)N1C(=O)N(Cc2ccc(C=Cc3ccccc3)cc2)C(C)(C)C1=O. The number of aliphatic carboxylic acids is 1. The Kier molecular flexibility index (Phi) is 8.86. The molecule has 1 heterocycles. The standard InChI is InChI=1S/C29H35N3O5/c1-20(2)18-24(26(35)30-17-16-25(33)34)32-27(36)29(3,4)31(28(32)37)19-23-14-12-22(13-15-23)11-10-21-8-6-5-7-9-21/h5-15,20,24H,16-19H2,1-4H3,(H,30,35)(H,33,34). The summed E-state index contributed by atoms with van der Waals surface area (Å²) in [5.74, 6) is -1.98. The van der Waals surface area contributed by atoms with E-state index < -0.39 is 35.4 Å². The Morgan fingerprint density at radius 3 is 2.14 bits per heavy atom. The van der Waals surface area contributed by atoms with Crippen LogP contribution >= 0.6 is 0 Å². The average molecular weight is 506 g/mol. The molecule has 1 atom stereocenters. The van der Waals surface area contributed by atoms with Crippen molar-refractivity contribution in [2.24, 2.45) is 5.92 Å². The highest BCUT2D eigenvalue weighted by molar-refractivity contribution is 6.09. The van der Waals surface area contributed by atoms with Crippen LogP contribution in [0.25, 0.3) is 12.2 Å². The molecule has 1 saturated heterocycles. The number of carboxylic acid groups (broad SMARTS) is 1. The van der Waals surface area contributed by atoms with Crippen molar-refractivity contribution >= 4 is 36.0 Å². The molecular formula is C29H35N3O5. The minimum absolute atomic E-state index is 0.0319. The first-order chi connectivity index (χ1) is 17.5. The van der Waals surface area contributed by atoms with Crippen LogP contribution in [0.2, 0.25) is 0 Å². The zero-order chi connectivity index (χ0) is 27.2. The summed E-state index contributed by atoms with van der Waals surface area (Å²) in [4.78, 5) is 53.2. The van der Waals surface area contributed by atoms with E-state index in [9.17, 15) is 19.2 Å². The lowest BCUT2D eigenvalue weighted by Gasteiger charge is -2.27. The number of nitrogens with one attached hydrogen (secondary N) is 1. The van der Waals surface area contributed by atoms with Gasteiger partial charge in [0, 0.05) is 13.1 Å². The number of rotatable bonds is 11. The van der Waals surface area contributed by atoms with Gasteiger partial charge in [-0.2, -0.15) is 0 Å². The molecule has 2 aromatic rings. The van der Waals surface area contributed by atoms with Gasteiger partial charge in [0.1, 0.15) is 11.6 Å². The fourth-order valence-electron chi connectivity index (χ4n) is 4.27. The molecule has 0 radical (unpaired) electrons. The summed E-state index contributed by atoms with van der Waals surface area (Å²) in [6.45, 7) is 7.30. The Morgan fingerprint density at radius 1 is 0.973 bits per heavy atom. The molecular weight excluding hydrogens is 470 g/mol. The summed E-state index contributed by atoms with van der Waals surface area (Å²) in [7, 11) is 0. The van der Waals surface area contributed by atoms with Crippen molar-refractivity contribution in [1.82, 2.24) is 15.1 Å². The van der Waals surface area contributed by atoms with E-state index in [-0.39, 0.29) is 31.8 Å². The molecule has 1 aliphatic heterocycles. The van der Waals surface area contributed by atoms with Crippen LogP contribution in [0.3, 0.4) is 0 Å². The van der Waals surface area contributed by atoms with Crippen LogP contribution in [-0.4, -0.2) is 56.8 Å². The Bertz CT molecular complexity index is 1160. The lowest BCUT2D eigenvalue weighted by atomic mass is 9.99. The average Bonchev–Trinajstić information content (AvgIpc) is 3.01. The summed E-state index contributed by atoms with van der Waals surface area (Å²) < 4.78 is 0. The Hall–Kier alpha value is -3.94. The van der Waals surface area contributed by atoms with Crippen LogP contribution < -0.4 is 5.32 Å². The van der Waals surface area contributed by atoms with Crippen LogP contribution in [0.4, 0.5) is 4.79 Å². The summed E-state index contributed by atoms with van der Waals surface area (Å²) in [6.07, 6.45) is 4.07. The molecule has 1 unspecified atom stereocenters. The van der Waals surface area contributed by atoms with E-state index in [1.54, 1.807) is 13.8 Å². The van der Waals surface area contributed by atoms with Gasteiger partial charge in [-0.05, 0) is 42.9 Å². The molecule has 8 nitrogen and oxygen atoms in total. The van der Waals surface area contributed by atoms with Gasteiger partial charge in [0.2, 0.25) is 5.91 Å². The maximum absolute atomic E-state index is 13.5. The van der Waals surface area contributed by atoms with Crippen LogP contribution in [0.1, 0.15) is 57.2 Å². The predicted molar refractivity (Wildman–Crippen MR) is 142 cm³/mol. The Labute approximate surface area is 218 Å². The maximum atomic E-state index is 13.5. The molecule has 1 fully saturated rings. The minimum Gasteiger partial charge on any atom is -0.481 e. The van der Waals surface area contributed by atoms with E-state index in [0.29, 0.717) is 0 Å². The molecule has 37 heavy (non-hydrogen) atoms. The second kappa shape index (κ2) is 11.9. The third-order valence-corrected chi connectivity index (χ3v) is 6.39. The number of carboxylic acids is 1. The van der Waals surface area contributed by atoms with Gasteiger partial charge in [-0.25, -0.2) is 9.69 Å². The summed E-state index contributed by atoms with van der Waals surface area (Å²) in [6, 6.07) is 16.2. The smallest absolute Gasteiger partial charge is 0.328 e. The van der Waals surface area contributed by atoms with Crippen molar-refractivity contribution in [2.75, 3.05) is 6.54 Å². The van der Waals surface area contributed by atoms with Crippen LogP contribution in [-0.2, 0) is 20.9 Å². The molecule has 3 rings (SSSR count). The van der Waals surface area contributed by atoms with Crippen molar-refractivity contribution in [3.05, 3.63) is 71.3 Å². The molecule has 1 aliphatic rings. The molecule has 8 heteroatoms. The molecule has 0 aromatic heterocycles. The third kappa shape index (κ3) is 6.84. The van der Waals surface area contributed by atoms with Crippen molar-refractivity contribution in [3.8, 4) is 0 Å². The van der Waals surface area contributed by atoms with Crippen molar-refractivity contribution in [3.63, 3.8) is 0 Å². The van der Waals surface area contributed by atoms with E-state index in [4.69, 9.17) is 5.11 Å². The summed E-state index contributed by atoms with van der Waals surface area (Å²) in [5.41, 5.74) is 1.82. The first-order valence-electron chi connectivity index (χ1n) is 12.5. The highest BCUT2D eigenvalue weighted by Gasteiger charge is 2.54. The zero-order valence-corrected chi connectivity index (χ0v) is 21.8. The van der Waals surface area contributed by atoms with Crippen molar-refractivity contribution in [1.29, 1.82) is 0 Å². The topological polar surface area (TPSA) is 107 Å². The van der Waals surface area contributed by atoms with E-state index >= 15 is 0 Å². The zero-order valence-electron chi connectivity index (χ0n) is 21.8. The molecule has 0 saturated carbocycles. The maximum Gasteiger partial charge on any atom is 0.328 e. The van der Waals surface area contributed by atoms with Crippen LogP contribution in [0.15, 0.2) is 54.6 Å². The molecule has 0 aliphatic carbocycles. The van der Waals surface area contributed by atoms with E-state index in [2.05, 4.69) is 5.32 Å². The lowest BCUT2D eigenvalue weighted by Crippen LogP contribution is -2.51. The van der Waals surface area contributed by atoms with Gasteiger partial charge in [-0.3, -0.25) is 14.4 Å². The van der Waals surface area contributed by atoms with E-state index in [1.807, 2.05) is 80.6 Å². The fraction of sp³-hybridized carbons (Fsp3) is 0.379. The van der Waals surface area contributed by atoms with Gasteiger partial charge < -0.3 is 15.3 Å². The van der Waals surface area contributed by atoms with Crippen LogP contribution in [0, 0.1) is 5.92 Å². The summed E-state index contributed by atoms with van der Waals surface area (Å²) >= 11 is 0. The van der Waals surface area contributed by atoms with Gasteiger partial charge in [-0.1, -0.05) is 80.6 Å². The number of hydrogen-bond donors (Lipinski definition) is 2. The molecule has 0 spiro atoms. The molecule has 4 amide bonds. The monoisotopic (exact) mass is 505 g/mol. The van der Waals surface area contributed by atoms with Gasteiger partial charge in [-0.15, -0.1) is 0 Å². The number of nitrogens with zero attached hydrogens (tertiary/aromatic N) is 2. The van der Waals surface area contributed by atoms with Crippen molar-refractivity contribution < 1.29 is 24.3 Å². The highest BCUT2D eigenvalue weighted by Crippen LogP contribution is 2.32. The normalized spacial score (nSPS) is 16.0. The van der Waals surface area contributed by atoms with E-state index in [0.717, 1.165) is 21.6 Å². The molecule has 2 aromatic carbocycles. The Morgan fingerprint density at radius 2 is 1.57 bits per heavy atom. The number of benzene rings is 2. The number of carbonyl (C=O) groups is 4. The summed E-state index contributed by atoms with van der Waals surface area (Å²) in [5, 5.41) is 11.4. The first-order valence-corrected chi connectivity index (χ1v) is 12.5. The molecule has 2 N–H and O–H groups in total. The third-order valence-electron chi connectivity index (χ3n) is 6.39. The number of carbonyl (C=O) groups excluding carboxylic acids is 3. The Balaban J connectivity index is 1.76. The molecule has 196 valence electrons. The minimum atomic E-state index is -1.14. The van der Waals surface area contributed by atoms with Gasteiger partial charge >= 0.3 is 12.0 Å². The number of imide groups is 1. The number of urea groups is 1. The lowest BCUT2D eigenvalue weighted by molar-refractivity contribution is -0.140. The van der Waals surface area contributed by atoms with Crippen molar-refractivity contribution in [2.45, 2.75) is 58.7 Å². The largest absolute Gasteiger partial charge is 0.481 e. The quantitative estimate of drug-likeness (QED) is 0.348. The number of amides is 4. The van der Waals surface area contributed by atoms with Gasteiger partial charge in [0.25, 0.3) is 5.91 Å². The second-order valence-electron chi connectivity index (χ2n) is 10.2. The molecule has 0 bridgehead atoms. The predicted octanol–water partition coefficient (Wildman–Crippen LogP) is 4.41. The fourth-order valence-corrected chi connectivity index (χ4v) is 4.27. The number of hydrogen-bond acceptors (Lipinski definition) is 4. The first kappa shape index (κ1) is 27.6. The van der Waals surface area contributed by atoms with Gasteiger partial charge in [0.15, 0.2) is 0 Å². The van der Waals surface area contributed by atoms with E-state index in [1.165, 1.54) is 4.90 Å². The van der Waals surface area contributed by atoms with Gasteiger partial charge in [0.05, 0.1) is 6.42 Å². The second-order valence-corrected chi connectivity index (χ2v) is 10.2. The van der Waals surface area contributed by atoms with Crippen LogP contribution in [0.5, 0.6) is 0 Å². The highest BCUT2D eigenvalue weighted by atomic mass is 16.4.